The molecule has 1 N–H and O–H groups in total. The van der Waals surface area contributed by atoms with Gasteiger partial charge in [0.25, 0.3) is 0 Å². The summed E-state index contributed by atoms with van der Waals surface area (Å²) in [6, 6.07) is 11.9. The molecule has 24 heavy (non-hydrogen) atoms. The number of hydrogen-bond acceptors (Lipinski definition) is 5. The summed E-state index contributed by atoms with van der Waals surface area (Å²) >= 11 is 1.37. The van der Waals surface area contributed by atoms with Gasteiger partial charge in [-0.3, -0.25) is 4.79 Å². The minimum atomic E-state index is -3.59. The number of rotatable bonds is 6. The van der Waals surface area contributed by atoms with Crippen molar-refractivity contribution in [2.75, 3.05) is 13.2 Å². The lowest BCUT2D eigenvalue weighted by Gasteiger charge is -2.18. The molecular weight excluding hydrogens is 346 g/mol. The van der Waals surface area contributed by atoms with Gasteiger partial charge in [0.15, 0.2) is 9.84 Å². The number of thiophene rings is 1. The Morgan fingerprint density at radius 2 is 2.04 bits per heavy atom. The number of carbonyl (C=O) groups is 1. The van der Waals surface area contributed by atoms with Crippen molar-refractivity contribution in [1.29, 1.82) is 0 Å². The van der Waals surface area contributed by atoms with Crippen LogP contribution in [0.15, 0.2) is 52.7 Å². The number of nitrogens with one attached hydrogen (secondary N) is 1. The van der Waals surface area contributed by atoms with Crippen LogP contribution in [0.2, 0.25) is 0 Å². The molecule has 2 heterocycles. The highest BCUT2D eigenvalue weighted by atomic mass is 32.2. The molecule has 0 aliphatic carbocycles. The highest BCUT2D eigenvalue weighted by Gasteiger charge is 2.32. The van der Waals surface area contributed by atoms with Gasteiger partial charge in [0.05, 0.1) is 4.90 Å². The zero-order chi connectivity index (χ0) is 17.0. The Hall–Kier alpha value is -1.70. The Morgan fingerprint density at radius 1 is 1.25 bits per heavy atom. The molecule has 2 atom stereocenters. The molecular formula is C17H19NO4S2. The van der Waals surface area contributed by atoms with Gasteiger partial charge in [0.1, 0.15) is 11.4 Å². The molecule has 0 spiro atoms. The lowest BCUT2D eigenvalue weighted by molar-refractivity contribution is -0.130. The molecule has 128 valence electrons. The van der Waals surface area contributed by atoms with E-state index < -0.39 is 21.2 Å². The highest BCUT2D eigenvalue weighted by molar-refractivity contribution is 7.91. The standard InChI is InChI=1S/C17H19NO4S2/c19-17(14-8-4-10-22-14)18-12-16(15-9-5-11-23-15)24(20,21)13-6-2-1-3-7-13/h1-3,5-7,9,11,14,16H,4,8,10,12H2,(H,18,19). The van der Waals surface area contributed by atoms with Crippen LogP contribution in [0, 0.1) is 0 Å². The van der Waals surface area contributed by atoms with Crippen molar-refractivity contribution in [3.63, 3.8) is 0 Å². The van der Waals surface area contributed by atoms with Gasteiger partial charge in [-0.1, -0.05) is 24.3 Å². The van der Waals surface area contributed by atoms with Gasteiger partial charge in [-0.05, 0) is 36.4 Å². The molecule has 1 aromatic carbocycles. The maximum Gasteiger partial charge on any atom is 0.249 e. The summed E-state index contributed by atoms with van der Waals surface area (Å²) in [5.41, 5.74) is 0. The number of benzene rings is 1. The number of amides is 1. The fraction of sp³-hybridized carbons (Fsp3) is 0.353. The Morgan fingerprint density at radius 3 is 2.67 bits per heavy atom. The smallest absolute Gasteiger partial charge is 0.249 e. The monoisotopic (exact) mass is 365 g/mol. The van der Waals surface area contributed by atoms with E-state index in [1.807, 2.05) is 11.4 Å². The van der Waals surface area contributed by atoms with Gasteiger partial charge in [0, 0.05) is 18.0 Å². The molecule has 0 radical (unpaired) electrons. The zero-order valence-corrected chi connectivity index (χ0v) is 14.7. The molecule has 0 saturated carbocycles. The van der Waals surface area contributed by atoms with Crippen molar-refractivity contribution in [3.8, 4) is 0 Å². The molecule has 2 unspecified atom stereocenters. The van der Waals surface area contributed by atoms with E-state index in [2.05, 4.69) is 5.32 Å². The van der Waals surface area contributed by atoms with Crippen molar-refractivity contribution in [2.45, 2.75) is 29.1 Å². The summed E-state index contributed by atoms with van der Waals surface area (Å²) in [5.74, 6) is -0.239. The zero-order valence-electron chi connectivity index (χ0n) is 13.1. The molecule has 1 aliphatic rings. The van der Waals surface area contributed by atoms with E-state index in [4.69, 9.17) is 4.74 Å². The average molecular weight is 365 g/mol. The van der Waals surface area contributed by atoms with E-state index in [-0.39, 0.29) is 17.3 Å². The van der Waals surface area contributed by atoms with Crippen molar-refractivity contribution in [1.82, 2.24) is 5.32 Å². The average Bonchev–Trinajstić information content (AvgIpc) is 3.29. The van der Waals surface area contributed by atoms with Gasteiger partial charge < -0.3 is 10.1 Å². The number of carbonyl (C=O) groups excluding carboxylic acids is 1. The van der Waals surface area contributed by atoms with Gasteiger partial charge in [-0.15, -0.1) is 11.3 Å². The van der Waals surface area contributed by atoms with Gasteiger partial charge in [0.2, 0.25) is 5.91 Å². The second-order valence-corrected chi connectivity index (χ2v) is 8.72. The van der Waals surface area contributed by atoms with Gasteiger partial charge in [-0.25, -0.2) is 8.42 Å². The Balaban J connectivity index is 1.81. The molecule has 3 rings (SSSR count). The minimum absolute atomic E-state index is 0.0381. The van der Waals surface area contributed by atoms with Crippen LogP contribution in [0.1, 0.15) is 23.0 Å². The fourth-order valence-electron chi connectivity index (χ4n) is 2.70. The van der Waals surface area contributed by atoms with Gasteiger partial charge in [-0.2, -0.15) is 0 Å². The second kappa shape index (κ2) is 7.46. The van der Waals surface area contributed by atoms with Gasteiger partial charge >= 0.3 is 0 Å². The first-order chi connectivity index (χ1) is 11.6. The number of sulfone groups is 1. The second-order valence-electron chi connectivity index (χ2n) is 5.61. The van der Waals surface area contributed by atoms with Crippen molar-refractivity contribution in [2.24, 2.45) is 0 Å². The molecule has 2 aromatic rings. The Bertz CT molecular complexity index is 766. The van der Waals surface area contributed by atoms with Crippen LogP contribution in [0.5, 0.6) is 0 Å². The summed E-state index contributed by atoms with van der Waals surface area (Å²) < 4.78 is 31.3. The summed E-state index contributed by atoms with van der Waals surface area (Å²) in [4.78, 5) is 13.1. The van der Waals surface area contributed by atoms with E-state index >= 15 is 0 Å². The quantitative estimate of drug-likeness (QED) is 0.854. The third-order valence-electron chi connectivity index (χ3n) is 3.99. The maximum absolute atomic E-state index is 13.0. The molecule has 7 heteroatoms. The van der Waals surface area contributed by atoms with E-state index in [9.17, 15) is 13.2 Å². The SMILES string of the molecule is O=C(NCC(c1cccs1)S(=O)(=O)c1ccccc1)C1CCCO1. The normalized spacial score (nSPS) is 19.1. The first kappa shape index (κ1) is 17.1. The fourth-order valence-corrected chi connectivity index (χ4v) is 5.51. The van der Waals surface area contributed by atoms with Crippen molar-refractivity contribution >= 4 is 27.1 Å². The topological polar surface area (TPSA) is 72.5 Å². The van der Waals surface area contributed by atoms with Crippen LogP contribution in [-0.4, -0.2) is 33.6 Å². The lowest BCUT2D eigenvalue weighted by atomic mass is 10.2. The third-order valence-corrected chi connectivity index (χ3v) is 7.22. The summed E-state index contributed by atoms with van der Waals surface area (Å²) in [7, 11) is -3.59. The van der Waals surface area contributed by atoms with Crippen LogP contribution < -0.4 is 5.32 Å². The molecule has 1 aliphatic heterocycles. The lowest BCUT2D eigenvalue weighted by Crippen LogP contribution is -2.38. The summed E-state index contributed by atoms with van der Waals surface area (Å²) in [6.07, 6.45) is 1.07. The first-order valence-electron chi connectivity index (χ1n) is 7.80. The highest BCUT2D eigenvalue weighted by Crippen LogP contribution is 2.31. The number of ether oxygens (including phenoxy) is 1. The first-order valence-corrected chi connectivity index (χ1v) is 10.2. The van der Waals surface area contributed by atoms with E-state index in [0.29, 0.717) is 17.9 Å². The van der Waals surface area contributed by atoms with E-state index in [0.717, 1.165) is 6.42 Å². The molecule has 1 amide bonds. The Kier molecular flexibility index (Phi) is 5.33. The van der Waals surface area contributed by atoms with Crippen molar-refractivity contribution < 1.29 is 17.9 Å². The molecule has 5 nitrogen and oxygen atoms in total. The van der Waals surface area contributed by atoms with Crippen molar-refractivity contribution in [3.05, 3.63) is 52.7 Å². The van der Waals surface area contributed by atoms with Crippen LogP contribution in [0.4, 0.5) is 0 Å². The minimum Gasteiger partial charge on any atom is -0.368 e. The molecule has 0 bridgehead atoms. The third kappa shape index (κ3) is 3.68. The number of hydrogen-bond donors (Lipinski definition) is 1. The van der Waals surface area contributed by atoms with Crippen LogP contribution in [-0.2, 0) is 19.4 Å². The predicted molar refractivity (Wildman–Crippen MR) is 92.7 cm³/mol. The van der Waals surface area contributed by atoms with Crippen LogP contribution in [0.25, 0.3) is 0 Å². The van der Waals surface area contributed by atoms with E-state index in [1.165, 1.54) is 11.3 Å². The van der Waals surface area contributed by atoms with Crippen LogP contribution >= 0.6 is 11.3 Å². The molecule has 1 aromatic heterocycles. The largest absolute Gasteiger partial charge is 0.368 e. The Labute approximate surface area is 145 Å². The summed E-state index contributed by atoms with van der Waals surface area (Å²) in [6.45, 7) is 0.616. The maximum atomic E-state index is 13.0. The predicted octanol–water partition coefficient (Wildman–Crippen LogP) is 2.56. The summed E-state index contributed by atoms with van der Waals surface area (Å²) in [5, 5.41) is 3.79. The van der Waals surface area contributed by atoms with E-state index in [1.54, 1.807) is 36.4 Å². The molecule has 1 fully saturated rings. The molecule has 1 saturated heterocycles. The van der Waals surface area contributed by atoms with Crippen LogP contribution in [0.3, 0.4) is 0 Å².